The molecule has 0 radical (unpaired) electrons. The molecule has 0 spiro atoms. The Balaban J connectivity index is 1.28. The minimum Gasteiger partial charge on any atom is -0.309 e. The summed E-state index contributed by atoms with van der Waals surface area (Å²) in [6.07, 6.45) is 0. The molecule has 0 aliphatic rings. The first kappa shape index (κ1) is 41.0. The Morgan fingerprint density at radius 2 is 0.886 bits per heavy atom. The molecule has 70 heavy (non-hydrogen) atoms. The van der Waals surface area contributed by atoms with E-state index in [9.17, 15) is 10.5 Å². The molecule has 0 aliphatic heterocycles. The highest BCUT2D eigenvalue weighted by molar-refractivity contribution is 6.26. The summed E-state index contributed by atoms with van der Waals surface area (Å²) in [6.45, 7) is 16.4. The second kappa shape index (κ2) is 16.8. The molecule has 0 N–H and O–H groups in total. The molecule has 9 nitrogen and oxygen atoms in total. The van der Waals surface area contributed by atoms with E-state index < -0.39 is 0 Å². The highest BCUT2D eigenvalue weighted by Gasteiger charge is 2.26. The van der Waals surface area contributed by atoms with Gasteiger partial charge in [0, 0.05) is 55.0 Å². The number of hydrogen-bond acceptors (Lipinski definition) is 5. The molecule has 3 heterocycles. The van der Waals surface area contributed by atoms with Crippen LogP contribution in [-0.2, 0) is 0 Å². The van der Waals surface area contributed by atoms with Crippen LogP contribution < -0.4 is 0 Å². The molecule has 12 aromatic rings. The molecule has 0 amide bonds. The Hall–Kier alpha value is -10.5. The molecule has 0 saturated carbocycles. The number of para-hydroxylation sites is 3. The molecular formula is C61H33N9. The van der Waals surface area contributed by atoms with E-state index in [1.54, 1.807) is 36.4 Å². The van der Waals surface area contributed by atoms with Gasteiger partial charge in [-0.1, -0.05) is 140 Å². The number of fused-ring (bicyclic) bond motifs is 7. The van der Waals surface area contributed by atoms with Crippen molar-refractivity contribution in [3.05, 3.63) is 234 Å². The van der Waals surface area contributed by atoms with Crippen molar-refractivity contribution in [2.75, 3.05) is 0 Å². The van der Waals surface area contributed by atoms with Crippen molar-refractivity contribution in [3.8, 4) is 79.9 Å². The van der Waals surface area contributed by atoms with Gasteiger partial charge in [-0.3, -0.25) is 0 Å². The molecule has 0 aliphatic carbocycles. The summed E-state index contributed by atoms with van der Waals surface area (Å²) in [5.74, 6) is 1.32. The summed E-state index contributed by atoms with van der Waals surface area (Å²) in [7, 11) is 0. The van der Waals surface area contributed by atoms with E-state index in [0.717, 1.165) is 60.4 Å². The third-order valence-electron chi connectivity index (χ3n) is 12.7. The lowest BCUT2D eigenvalue weighted by Gasteiger charge is -2.22. The summed E-state index contributed by atoms with van der Waals surface area (Å²) in [4.78, 5) is 23.0. The van der Waals surface area contributed by atoms with Crippen molar-refractivity contribution in [2.45, 2.75) is 0 Å². The van der Waals surface area contributed by atoms with Gasteiger partial charge in [-0.05, 0) is 71.8 Å². The molecule has 12 rings (SSSR count). The van der Waals surface area contributed by atoms with Gasteiger partial charge < -0.3 is 9.13 Å². The summed E-state index contributed by atoms with van der Waals surface area (Å²) in [6, 6.07) is 70.0. The second-order valence-corrected chi connectivity index (χ2v) is 16.8. The van der Waals surface area contributed by atoms with Gasteiger partial charge in [-0.15, -0.1) is 0 Å². The maximum absolute atomic E-state index is 10.5. The van der Waals surface area contributed by atoms with Gasteiger partial charge in [0.05, 0.1) is 64.2 Å². The van der Waals surface area contributed by atoms with Gasteiger partial charge in [0.1, 0.15) is 0 Å². The first-order valence-corrected chi connectivity index (χ1v) is 22.4. The van der Waals surface area contributed by atoms with E-state index >= 15 is 0 Å². The number of nitriles is 2. The Morgan fingerprint density at radius 3 is 1.44 bits per heavy atom. The molecule has 3 aromatic heterocycles. The van der Waals surface area contributed by atoms with Crippen molar-refractivity contribution < 1.29 is 0 Å². The van der Waals surface area contributed by atoms with Gasteiger partial charge >= 0.3 is 0 Å². The SMILES string of the molecule is [C-]#[N+]c1cc([N+]#[C-])cc(-c2cc(-c3nc(-c4ccccc4)nc(-c4ccccc4)n3)cc(-c3cc(C#N)cc(C#N)c3)c2-n2c3ccccc3c3c2ccc2c4ccccc4n(-c4ccccc4)c23)c1. The number of hydrogen-bond donors (Lipinski definition) is 0. The van der Waals surface area contributed by atoms with Gasteiger partial charge in [0.2, 0.25) is 0 Å². The summed E-state index contributed by atoms with van der Waals surface area (Å²) >= 11 is 0. The molecular weight excluding hydrogens is 859 g/mol. The fraction of sp³-hybridized carbons (Fsp3) is 0. The van der Waals surface area contributed by atoms with Crippen LogP contribution in [-0.4, -0.2) is 24.1 Å². The molecule has 0 fully saturated rings. The normalized spacial score (nSPS) is 11.1. The van der Waals surface area contributed by atoms with Crippen LogP contribution in [0.4, 0.5) is 11.4 Å². The second-order valence-electron chi connectivity index (χ2n) is 16.8. The van der Waals surface area contributed by atoms with Crippen LogP contribution in [0.1, 0.15) is 11.1 Å². The largest absolute Gasteiger partial charge is 0.309 e. The molecule has 322 valence electrons. The quantitative estimate of drug-likeness (QED) is 0.148. The standard InChI is InChI=1S/C61H33N9/c1-64-45-31-43(32-46(35-45)65-2)52-34-44(61-67-59(40-16-6-3-7-17-40)66-60(68-61)41-18-8-4-9-19-41)33-51(42-29-38(36-62)28-39(30-42)37-63)57(52)70-54-25-15-13-23-50(54)56-55(70)27-26-49-48-22-12-14-24-53(48)69(58(49)56)47-20-10-5-11-21-47/h3-35H. The highest BCUT2D eigenvalue weighted by atomic mass is 15.0. The van der Waals surface area contributed by atoms with Gasteiger partial charge in [0.15, 0.2) is 28.8 Å². The van der Waals surface area contributed by atoms with Crippen molar-refractivity contribution >= 4 is 55.0 Å². The lowest BCUT2D eigenvalue weighted by atomic mass is 9.90. The first-order chi connectivity index (χ1) is 34.5. The van der Waals surface area contributed by atoms with Crippen LogP contribution >= 0.6 is 0 Å². The van der Waals surface area contributed by atoms with E-state index in [1.807, 2.05) is 84.9 Å². The predicted molar refractivity (Wildman–Crippen MR) is 278 cm³/mol. The van der Waals surface area contributed by atoms with Gasteiger partial charge in [0.25, 0.3) is 0 Å². The van der Waals surface area contributed by atoms with Crippen LogP contribution in [0.15, 0.2) is 200 Å². The molecule has 0 saturated heterocycles. The minimum absolute atomic E-state index is 0.300. The van der Waals surface area contributed by atoms with Crippen molar-refractivity contribution in [2.24, 2.45) is 0 Å². The van der Waals surface area contributed by atoms with E-state index in [4.69, 9.17) is 28.1 Å². The van der Waals surface area contributed by atoms with Crippen LogP contribution in [0.2, 0.25) is 0 Å². The third-order valence-corrected chi connectivity index (χ3v) is 12.7. The zero-order valence-electron chi connectivity index (χ0n) is 37.1. The van der Waals surface area contributed by atoms with Crippen molar-refractivity contribution in [1.82, 2.24) is 24.1 Å². The molecule has 0 bridgehead atoms. The Kier molecular flexibility index (Phi) is 9.82. The lowest BCUT2D eigenvalue weighted by molar-refractivity contribution is 1.07. The lowest BCUT2D eigenvalue weighted by Crippen LogP contribution is -2.04. The predicted octanol–water partition coefficient (Wildman–Crippen LogP) is 15.2. The minimum atomic E-state index is 0.300. The Morgan fingerprint density at radius 1 is 0.400 bits per heavy atom. The van der Waals surface area contributed by atoms with Gasteiger partial charge in [-0.25, -0.2) is 24.6 Å². The van der Waals surface area contributed by atoms with Crippen molar-refractivity contribution in [3.63, 3.8) is 0 Å². The van der Waals surface area contributed by atoms with Crippen LogP contribution in [0.5, 0.6) is 0 Å². The zero-order valence-corrected chi connectivity index (χ0v) is 37.1. The molecule has 0 unspecified atom stereocenters. The smallest absolute Gasteiger partial charge is 0.177 e. The maximum atomic E-state index is 10.5. The van der Waals surface area contributed by atoms with Gasteiger partial charge in [-0.2, -0.15) is 10.5 Å². The number of aromatic nitrogens is 5. The van der Waals surface area contributed by atoms with E-state index in [1.165, 1.54) is 0 Å². The fourth-order valence-corrected chi connectivity index (χ4v) is 9.77. The van der Waals surface area contributed by atoms with Crippen LogP contribution in [0.3, 0.4) is 0 Å². The molecule has 0 atom stereocenters. The summed E-state index contributed by atoms with van der Waals surface area (Å²) in [5, 5.41) is 25.1. The number of rotatable bonds is 7. The average molecular weight is 892 g/mol. The number of benzene rings is 9. The van der Waals surface area contributed by atoms with E-state index in [0.29, 0.717) is 73.5 Å². The third kappa shape index (κ3) is 6.80. The van der Waals surface area contributed by atoms with E-state index in [-0.39, 0.29) is 0 Å². The molecule has 9 heteroatoms. The van der Waals surface area contributed by atoms with Crippen molar-refractivity contribution in [1.29, 1.82) is 10.5 Å². The average Bonchev–Trinajstić information content (AvgIpc) is 3.95. The first-order valence-electron chi connectivity index (χ1n) is 22.4. The zero-order chi connectivity index (χ0) is 47.3. The van der Waals surface area contributed by atoms with E-state index in [2.05, 4.69) is 110 Å². The van der Waals surface area contributed by atoms with Crippen LogP contribution in [0.25, 0.3) is 121 Å². The van der Waals surface area contributed by atoms with Crippen LogP contribution in [0, 0.1) is 35.8 Å². The summed E-state index contributed by atoms with van der Waals surface area (Å²) < 4.78 is 4.58. The Labute approximate surface area is 402 Å². The monoisotopic (exact) mass is 891 g/mol. The summed E-state index contributed by atoms with van der Waals surface area (Å²) in [5.41, 5.74) is 11.6. The molecule has 9 aromatic carbocycles. The highest BCUT2D eigenvalue weighted by Crippen LogP contribution is 2.48. The topological polar surface area (TPSA) is 105 Å². The Bertz CT molecular complexity index is 4060. The fourth-order valence-electron chi connectivity index (χ4n) is 9.77. The number of nitrogens with zero attached hydrogens (tertiary/aromatic N) is 9. The maximum Gasteiger partial charge on any atom is 0.177 e.